The lowest BCUT2D eigenvalue weighted by molar-refractivity contribution is 0.211. The highest BCUT2D eigenvalue weighted by Gasteiger charge is 2.42. The van der Waals surface area contributed by atoms with Gasteiger partial charge in [0.25, 0.3) is 0 Å². The molecule has 1 heterocycles. The lowest BCUT2D eigenvalue weighted by Gasteiger charge is -2.41. The van der Waals surface area contributed by atoms with E-state index in [1.807, 2.05) is 0 Å². The lowest BCUT2D eigenvalue weighted by Crippen LogP contribution is -2.46. The van der Waals surface area contributed by atoms with E-state index in [0.717, 1.165) is 11.8 Å². The van der Waals surface area contributed by atoms with Crippen molar-refractivity contribution in [2.45, 2.75) is 38.0 Å². The molecule has 1 saturated heterocycles. The van der Waals surface area contributed by atoms with Crippen LogP contribution in [-0.2, 0) is 0 Å². The zero-order valence-electron chi connectivity index (χ0n) is 8.10. The summed E-state index contributed by atoms with van der Waals surface area (Å²) in [5, 5.41) is 3.71. The summed E-state index contributed by atoms with van der Waals surface area (Å²) in [7, 11) is 0. The van der Waals surface area contributed by atoms with E-state index in [1.165, 1.54) is 31.6 Å². The highest BCUT2D eigenvalue weighted by atomic mass is 32.2. The fraction of sp³-hybridized carbons (Fsp3) is 1.00. The van der Waals surface area contributed by atoms with Crippen molar-refractivity contribution in [3.8, 4) is 0 Å². The van der Waals surface area contributed by atoms with Gasteiger partial charge in [-0.1, -0.05) is 13.8 Å². The molecule has 0 aromatic heterocycles. The van der Waals surface area contributed by atoms with E-state index < -0.39 is 0 Å². The zero-order chi connectivity index (χ0) is 8.60. The van der Waals surface area contributed by atoms with Gasteiger partial charge in [-0.25, -0.2) is 0 Å². The Kier molecular flexibility index (Phi) is 2.39. The zero-order valence-corrected chi connectivity index (χ0v) is 8.91. The van der Waals surface area contributed by atoms with Gasteiger partial charge in [-0.2, -0.15) is 0 Å². The van der Waals surface area contributed by atoms with Crippen molar-refractivity contribution in [2.75, 3.05) is 12.3 Å². The maximum atomic E-state index is 3.71. The van der Waals surface area contributed by atoms with Gasteiger partial charge in [-0.05, 0) is 31.1 Å². The molecule has 0 aromatic carbocycles. The molecule has 1 aliphatic heterocycles. The van der Waals surface area contributed by atoms with Crippen molar-refractivity contribution in [2.24, 2.45) is 11.8 Å². The van der Waals surface area contributed by atoms with Crippen molar-refractivity contribution < 1.29 is 0 Å². The lowest BCUT2D eigenvalue weighted by atomic mass is 9.79. The van der Waals surface area contributed by atoms with Crippen LogP contribution in [0.1, 0.15) is 33.1 Å². The molecule has 1 spiro atoms. The Morgan fingerprint density at radius 1 is 1.42 bits per heavy atom. The maximum absolute atomic E-state index is 3.71. The van der Waals surface area contributed by atoms with E-state index >= 15 is 0 Å². The Morgan fingerprint density at radius 2 is 2.25 bits per heavy atom. The van der Waals surface area contributed by atoms with E-state index in [9.17, 15) is 0 Å². The standard InChI is InChI=1S/C10H19NS/c1-8-3-4-10(9(2)7-8)11-5-6-12-10/h8-9,11H,3-7H2,1-2H3. The third-order valence-corrected chi connectivity index (χ3v) is 5.12. The van der Waals surface area contributed by atoms with Crippen LogP contribution in [0.5, 0.6) is 0 Å². The summed E-state index contributed by atoms with van der Waals surface area (Å²) in [5.41, 5.74) is 0. The van der Waals surface area contributed by atoms with Crippen molar-refractivity contribution in [1.82, 2.24) is 5.32 Å². The van der Waals surface area contributed by atoms with Gasteiger partial charge in [-0.3, -0.25) is 0 Å². The van der Waals surface area contributed by atoms with Gasteiger partial charge < -0.3 is 5.32 Å². The molecular weight excluding hydrogens is 166 g/mol. The number of rotatable bonds is 0. The maximum Gasteiger partial charge on any atom is 0.0671 e. The first-order valence-electron chi connectivity index (χ1n) is 5.12. The van der Waals surface area contributed by atoms with Gasteiger partial charge in [-0.15, -0.1) is 11.8 Å². The number of nitrogens with one attached hydrogen (secondary N) is 1. The Morgan fingerprint density at radius 3 is 2.83 bits per heavy atom. The second kappa shape index (κ2) is 3.22. The predicted molar refractivity (Wildman–Crippen MR) is 55.4 cm³/mol. The van der Waals surface area contributed by atoms with E-state index in [2.05, 4.69) is 30.9 Å². The molecule has 0 aromatic rings. The van der Waals surface area contributed by atoms with Gasteiger partial charge in [0.2, 0.25) is 0 Å². The molecule has 0 amide bonds. The molecule has 0 bridgehead atoms. The minimum Gasteiger partial charge on any atom is -0.302 e. The topological polar surface area (TPSA) is 12.0 Å². The highest BCUT2D eigenvalue weighted by molar-refractivity contribution is 8.00. The third-order valence-electron chi connectivity index (χ3n) is 3.45. The normalized spacial score (nSPS) is 48.5. The monoisotopic (exact) mass is 185 g/mol. The summed E-state index contributed by atoms with van der Waals surface area (Å²) in [6, 6.07) is 0. The summed E-state index contributed by atoms with van der Waals surface area (Å²) in [5.74, 6) is 3.14. The first kappa shape index (κ1) is 8.89. The quantitative estimate of drug-likeness (QED) is 0.622. The minimum absolute atomic E-state index is 0.479. The van der Waals surface area contributed by atoms with Crippen molar-refractivity contribution in [3.05, 3.63) is 0 Å². The van der Waals surface area contributed by atoms with Crippen molar-refractivity contribution in [3.63, 3.8) is 0 Å². The van der Waals surface area contributed by atoms with Crippen LogP contribution in [0, 0.1) is 11.8 Å². The smallest absolute Gasteiger partial charge is 0.0671 e. The van der Waals surface area contributed by atoms with Gasteiger partial charge in [0, 0.05) is 12.3 Å². The molecule has 12 heavy (non-hydrogen) atoms. The number of thioether (sulfide) groups is 1. The van der Waals surface area contributed by atoms with E-state index in [1.54, 1.807) is 0 Å². The molecule has 2 rings (SSSR count). The largest absolute Gasteiger partial charge is 0.302 e. The van der Waals surface area contributed by atoms with Gasteiger partial charge in [0.05, 0.1) is 4.87 Å². The molecule has 2 fully saturated rings. The number of hydrogen-bond donors (Lipinski definition) is 1. The Balaban J connectivity index is 2.05. The second-order valence-corrected chi connectivity index (χ2v) is 5.87. The summed E-state index contributed by atoms with van der Waals surface area (Å²) in [4.78, 5) is 0.479. The molecule has 3 unspecified atom stereocenters. The SMILES string of the molecule is CC1CCC2(NCCS2)C(C)C1. The molecule has 2 aliphatic rings. The molecule has 1 aliphatic carbocycles. The minimum atomic E-state index is 0.479. The van der Waals surface area contributed by atoms with Crippen LogP contribution in [0.15, 0.2) is 0 Å². The fourth-order valence-corrected chi connectivity index (χ4v) is 4.06. The van der Waals surface area contributed by atoms with Crippen molar-refractivity contribution in [1.29, 1.82) is 0 Å². The average Bonchev–Trinajstić information content (AvgIpc) is 2.48. The van der Waals surface area contributed by atoms with Gasteiger partial charge in [0.1, 0.15) is 0 Å². The Labute approximate surface area is 79.7 Å². The van der Waals surface area contributed by atoms with E-state index in [-0.39, 0.29) is 0 Å². The van der Waals surface area contributed by atoms with Crippen LogP contribution < -0.4 is 5.32 Å². The third kappa shape index (κ3) is 1.39. The molecule has 1 N–H and O–H groups in total. The van der Waals surface area contributed by atoms with Crippen LogP contribution in [0.4, 0.5) is 0 Å². The fourth-order valence-electron chi connectivity index (χ4n) is 2.64. The molecule has 1 nitrogen and oxygen atoms in total. The second-order valence-electron chi connectivity index (χ2n) is 4.45. The van der Waals surface area contributed by atoms with Crippen LogP contribution >= 0.6 is 11.8 Å². The summed E-state index contributed by atoms with van der Waals surface area (Å²) >= 11 is 2.16. The van der Waals surface area contributed by atoms with E-state index in [4.69, 9.17) is 0 Å². The summed E-state index contributed by atoms with van der Waals surface area (Å²) in [6.45, 7) is 6.04. The highest BCUT2D eigenvalue weighted by Crippen LogP contribution is 2.45. The first-order chi connectivity index (χ1) is 5.73. The Hall–Kier alpha value is 0.310. The molecule has 3 atom stereocenters. The van der Waals surface area contributed by atoms with Crippen molar-refractivity contribution >= 4 is 11.8 Å². The first-order valence-corrected chi connectivity index (χ1v) is 6.10. The molecule has 2 heteroatoms. The summed E-state index contributed by atoms with van der Waals surface area (Å²) < 4.78 is 0. The Bertz CT molecular complexity index is 163. The molecule has 70 valence electrons. The van der Waals surface area contributed by atoms with Crippen LogP contribution in [0.3, 0.4) is 0 Å². The van der Waals surface area contributed by atoms with Crippen LogP contribution in [0.25, 0.3) is 0 Å². The van der Waals surface area contributed by atoms with Crippen LogP contribution in [0.2, 0.25) is 0 Å². The predicted octanol–water partition coefficient (Wildman–Crippen LogP) is 2.48. The van der Waals surface area contributed by atoms with Gasteiger partial charge >= 0.3 is 0 Å². The molecule has 1 saturated carbocycles. The van der Waals surface area contributed by atoms with Crippen LogP contribution in [-0.4, -0.2) is 17.2 Å². The number of hydrogen-bond acceptors (Lipinski definition) is 2. The summed E-state index contributed by atoms with van der Waals surface area (Å²) in [6.07, 6.45) is 4.23. The molecule has 0 radical (unpaired) electrons. The molecular formula is C10H19NS. The van der Waals surface area contributed by atoms with E-state index in [0.29, 0.717) is 4.87 Å². The average molecular weight is 185 g/mol. The van der Waals surface area contributed by atoms with Gasteiger partial charge in [0.15, 0.2) is 0 Å².